The molecule has 7 heteroatoms. The van der Waals surface area contributed by atoms with Crippen molar-refractivity contribution in [2.75, 3.05) is 19.7 Å². The SMILES string of the molecule is CCOC(=O)C(NCCCN=[N+]=[N-])c1ccc(C)c(Br)c1. The molecule has 0 aromatic heterocycles. The highest BCUT2D eigenvalue weighted by Gasteiger charge is 2.21. The number of rotatable bonds is 8. The van der Waals surface area contributed by atoms with Gasteiger partial charge in [-0.2, -0.15) is 0 Å². The molecular formula is C14H19BrN4O2. The van der Waals surface area contributed by atoms with Gasteiger partial charge in [0.2, 0.25) is 0 Å². The maximum Gasteiger partial charge on any atom is 0.327 e. The van der Waals surface area contributed by atoms with Crippen LogP contribution in [0.2, 0.25) is 0 Å². The van der Waals surface area contributed by atoms with Crippen LogP contribution >= 0.6 is 15.9 Å². The van der Waals surface area contributed by atoms with Crippen molar-refractivity contribution in [1.82, 2.24) is 5.32 Å². The summed E-state index contributed by atoms with van der Waals surface area (Å²) < 4.78 is 6.06. The number of aryl methyl sites for hydroxylation is 1. The fourth-order valence-corrected chi connectivity index (χ4v) is 2.19. The first kappa shape index (κ1) is 17.5. The molecule has 0 aliphatic rings. The Kier molecular flexibility index (Phi) is 7.82. The molecule has 0 saturated heterocycles. The summed E-state index contributed by atoms with van der Waals surface area (Å²) in [5, 5.41) is 6.61. The molecule has 0 heterocycles. The van der Waals surface area contributed by atoms with Gasteiger partial charge in [-0.1, -0.05) is 33.2 Å². The van der Waals surface area contributed by atoms with Crippen LogP contribution in [-0.4, -0.2) is 25.7 Å². The molecule has 1 unspecified atom stereocenters. The van der Waals surface area contributed by atoms with E-state index in [0.29, 0.717) is 26.1 Å². The minimum atomic E-state index is -0.520. The topological polar surface area (TPSA) is 87.1 Å². The van der Waals surface area contributed by atoms with Crippen LogP contribution in [0, 0.1) is 6.92 Å². The first-order valence-corrected chi connectivity index (χ1v) is 7.56. The van der Waals surface area contributed by atoms with E-state index in [1.165, 1.54) is 0 Å². The van der Waals surface area contributed by atoms with Crippen molar-refractivity contribution in [3.05, 3.63) is 44.2 Å². The normalized spacial score (nSPS) is 11.6. The number of nitrogens with one attached hydrogen (secondary N) is 1. The van der Waals surface area contributed by atoms with Crippen molar-refractivity contribution in [3.8, 4) is 0 Å². The highest BCUT2D eigenvalue weighted by Crippen LogP contribution is 2.22. The van der Waals surface area contributed by atoms with Gasteiger partial charge in [0, 0.05) is 15.9 Å². The van der Waals surface area contributed by atoms with Gasteiger partial charge in [-0.15, -0.1) is 0 Å². The van der Waals surface area contributed by atoms with Gasteiger partial charge < -0.3 is 10.1 Å². The minimum Gasteiger partial charge on any atom is -0.465 e. The molecule has 0 aliphatic heterocycles. The summed E-state index contributed by atoms with van der Waals surface area (Å²) in [5.74, 6) is -0.308. The third-order valence-corrected chi connectivity index (χ3v) is 3.75. The molecule has 1 N–H and O–H groups in total. The monoisotopic (exact) mass is 354 g/mol. The van der Waals surface area contributed by atoms with E-state index in [9.17, 15) is 4.79 Å². The van der Waals surface area contributed by atoms with Crippen molar-refractivity contribution in [2.45, 2.75) is 26.3 Å². The number of nitrogens with zero attached hydrogens (tertiary/aromatic N) is 3. The fourth-order valence-electron chi connectivity index (χ4n) is 1.79. The van der Waals surface area contributed by atoms with Gasteiger partial charge in [0.15, 0.2) is 0 Å². The second-order valence-corrected chi connectivity index (χ2v) is 5.31. The zero-order valence-electron chi connectivity index (χ0n) is 12.2. The van der Waals surface area contributed by atoms with Gasteiger partial charge >= 0.3 is 5.97 Å². The fraction of sp³-hybridized carbons (Fsp3) is 0.500. The van der Waals surface area contributed by atoms with Crippen LogP contribution in [0.3, 0.4) is 0 Å². The predicted molar refractivity (Wildman–Crippen MR) is 84.9 cm³/mol. The van der Waals surface area contributed by atoms with Crippen molar-refractivity contribution in [2.24, 2.45) is 5.11 Å². The van der Waals surface area contributed by atoms with Crippen LogP contribution in [0.5, 0.6) is 0 Å². The summed E-state index contributed by atoms with van der Waals surface area (Å²) in [6.45, 7) is 5.07. The summed E-state index contributed by atoms with van der Waals surface area (Å²) in [5.41, 5.74) is 10.2. The number of benzene rings is 1. The summed E-state index contributed by atoms with van der Waals surface area (Å²) in [6.07, 6.45) is 0.660. The first-order chi connectivity index (χ1) is 10.1. The zero-order chi connectivity index (χ0) is 15.7. The van der Waals surface area contributed by atoms with Crippen molar-refractivity contribution in [3.63, 3.8) is 0 Å². The van der Waals surface area contributed by atoms with Gasteiger partial charge in [-0.05, 0) is 49.5 Å². The molecule has 1 aromatic rings. The molecule has 0 saturated carbocycles. The Hall–Kier alpha value is -1.56. The van der Waals surface area contributed by atoms with Gasteiger partial charge in [-0.3, -0.25) is 0 Å². The lowest BCUT2D eigenvalue weighted by atomic mass is 10.1. The Morgan fingerprint density at radius 3 is 2.95 bits per heavy atom. The number of esters is 1. The van der Waals surface area contributed by atoms with E-state index < -0.39 is 6.04 Å². The van der Waals surface area contributed by atoms with Gasteiger partial charge in [0.25, 0.3) is 0 Å². The van der Waals surface area contributed by atoms with Gasteiger partial charge in [0.1, 0.15) is 6.04 Å². The van der Waals surface area contributed by atoms with E-state index in [2.05, 4.69) is 31.3 Å². The molecule has 0 aliphatic carbocycles. The standard InChI is InChI=1S/C14H19BrN4O2/c1-3-21-14(20)13(17-7-4-8-18-19-16)11-6-5-10(2)12(15)9-11/h5-6,9,13,17H,3-4,7-8H2,1-2H3. The van der Waals surface area contributed by atoms with E-state index in [4.69, 9.17) is 10.3 Å². The molecule has 0 spiro atoms. The lowest BCUT2D eigenvalue weighted by Gasteiger charge is -2.18. The lowest BCUT2D eigenvalue weighted by Crippen LogP contribution is -2.31. The van der Waals surface area contributed by atoms with E-state index in [-0.39, 0.29) is 5.97 Å². The third-order valence-electron chi connectivity index (χ3n) is 2.90. The summed E-state index contributed by atoms with van der Waals surface area (Å²) in [7, 11) is 0. The van der Waals surface area contributed by atoms with Crippen molar-refractivity contribution < 1.29 is 9.53 Å². The smallest absolute Gasteiger partial charge is 0.327 e. The number of ether oxygens (including phenoxy) is 1. The van der Waals surface area contributed by atoms with Crippen molar-refractivity contribution in [1.29, 1.82) is 0 Å². The predicted octanol–water partition coefficient (Wildman–Crippen LogP) is 3.65. The quantitative estimate of drug-likeness (QED) is 0.254. The molecule has 1 rings (SSSR count). The van der Waals surface area contributed by atoms with Crippen LogP contribution in [0.1, 0.15) is 30.5 Å². The number of carbonyl (C=O) groups excluding carboxylic acids is 1. The van der Waals surface area contributed by atoms with E-state index in [1.54, 1.807) is 6.92 Å². The van der Waals surface area contributed by atoms with E-state index in [0.717, 1.165) is 15.6 Å². The van der Waals surface area contributed by atoms with Crippen LogP contribution in [-0.2, 0) is 9.53 Å². The third kappa shape index (κ3) is 5.75. The molecule has 0 bridgehead atoms. The molecule has 1 aromatic carbocycles. The van der Waals surface area contributed by atoms with Crippen LogP contribution in [0.25, 0.3) is 10.4 Å². The van der Waals surface area contributed by atoms with Gasteiger partial charge in [-0.25, -0.2) is 4.79 Å². The summed E-state index contributed by atoms with van der Waals surface area (Å²) in [6, 6.07) is 5.25. The Balaban J connectivity index is 2.78. The zero-order valence-corrected chi connectivity index (χ0v) is 13.8. The number of hydrogen-bond acceptors (Lipinski definition) is 4. The van der Waals surface area contributed by atoms with Crippen molar-refractivity contribution >= 4 is 21.9 Å². The number of hydrogen-bond donors (Lipinski definition) is 1. The average Bonchev–Trinajstić information content (AvgIpc) is 2.46. The maximum atomic E-state index is 12.1. The lowest BCUT2D eigenvalue weighted by molar-refractivity contribution is -0.145. The molecule has 0 fully saturated rings. The summed E-state index contributed by atoms with van der Waals surface area (Å²) in [4.78, 5) is 14.8. The van der Waals surface area contributed by atoms with Gasteiger partial charge in [0.05, 0.1) is 6.61 Å². The highest BCUT2D eigenvalue weighted by atomic mass is 79.9. The van der Waals surface area contributed by atoms with Crippen LogP contribution in [0.4, 0.5) is 0 Å². The maximum absolute atomic E-state index is 12.1. The minimum absolute atomic E-state index is 0.308. The molecule has 21 heavy (non-hydrogen) atoms. The Morgan fingerprint density at radius 2 is 2.33 bits per heavy atom. The number of carbonyl (C=O) groups is 1. The average molecular weight is 355 g/mol. The summed E-state index contributed by atoms with van der Waals surface area (Å²) >= 11 is 3.47. The number of azide groups is 1. The second-order valence-electron chi connectivity index (χ2n) is 4.46. The molecule has 114 valence electrons. The molecule has 0 amide bonds. The Morgan fingerprint density at radius 1 is 1.57 bits per heavy atom. The second kappa shape index (κ2) is 9.39. The Bertz CT molecular complexity index is 530. The van der Waals surface area contributed by atoms with E-state index in [1.807, 2.05) is 25.1 Å². The molecule has 0 radical (unpaired) electrons. The highest BCUT2D eigenvalue weighted by molar-refractivity contribution is 9.10. The Labute approximate surface area is 132 Å². The molecule has 1 atom stereocenters. The van der Waals surface area contributed by atoms with Crippen LogP contribution in [0.15, 0.2) is 27.8 Å². The first-order valence-electron chi connectivity index (χ1n) is 6.77. The van der Waals surface area contributed by atoms with Crippen LogP contribution < -0.4 is 5.32 Å². The van der Waals surface area contributed by atoms with E-state index >= 15 is 0 Å². The molecule has 6 nitrogen and oxygen atoms in total. The number of halogens is 1. The molecular weight excluding hydrogens is 336 g/mol. The largest absolute Gasteiger partial charge is 0.465 e.